The van der Waals surface area contributed by atoms with Crippen molar-refractivity contribution in [3.05, 3.63) is 57.6 Å². The Balaban J connectivity index is 2.04. The van der Waals surface area contributed by atoms with E-state index in [0.717, 1.165) is 35.7 Å². The molecular weight excluding hydrogens is 357 g/mol. The quantitative estimate of drug-likeness (QED) is 0.522. The first-order chi connectivity index (χ1) is 12.2. The average molecular weight is 382 g/mol. The Morgan fingerprint density at radius 1 is 1.04 bits per heavy atom. The Morgan fingerprint density at radius 3 is 2.60 bits per heavy atom. The molecule has 5 heteroatoms. The van der Waals surface area contributed by atoms with Gasteiger partial charge in [-0.3, -0.25) is 0 Å². The Hall–Kier alpha value is -1.42. The number of unbranched alkanes of at least 4 members (excludes halogenated alkanes) is 2. The summed E-state index contributed by atoms with van der Waals surface area (Å²) in [5.74, 6) is 1.49. The van der Waals surface area contributed by atoms with Crippen LogP contribution in [0.5, 0.6) is 11.5 Å². The molecule has 2 aromatic carbocycles. The summed E-state index contributed by atoms with van der Waals surface area (Å²) in [5, 5.41) is 4.54. The highest BCUT2D eigenvalue weighted by Gasteiger charge is 2.11. The lowest BCUT2D eigenvalue weighted by molar-refractivity contribution is 0.280. The van der Waals surface area contributed by atoms with Crippen LogP contribution in [0.25, 0.3) is 0 Å². The highest BCUT2D eigenvalue weighted by atomic mass is 35.5. The van der Waals surface area contributed by atoms with Gasteiger partial charge in [-0.05, 0) is 36.7 Å². The average Bonchev–Trinajstić information content (AvgIpc) is 2.62. The number of hydrogen-bond donors (Lipinski definition) is 1. The van der Waals surface area contributed by atoms with E-state index < -0.39 is 0 Å². The molecule has 0 atom stereocenters. The van der Waals surface area contributed by atoms with Crippen molar-refractivity contribution in [1.29, 1.82) is 0 Å². The first-order valence-corrected chi connectivity index (χ1v) is 9.34. The van der Waals surface area contributed by atoms with Gasteiger partial charge in [0.05, 0.1) is 17.2 Å². The van der Waals surface area contributed by atoms with Gasteiger partial charge in [0.2, 0.25) is 0 Å². The summed E-state index contributed by atoms with van der Waals surface area (Å²) in [5.41, 5.74) is 2.04. The van der Waals surface area contributed by atoms with Crippen molar-refractivity contribution in [1.82, 2.24) is 5.32 Å². The number of benzene rings is 2. The lowest BCUT2D eigenvalue weighted by Gasteiger charge is -2.16. The first kappa shape index (κ1) is 19.9. The number of nitrogens with one attached hydrogen (secondary N) is 1. The van der Waals surface area contributed by atoms with Crippen molar-refractivity contribution >= 4 is 23.2 Å². The van der Waals surface area contributed by atoms with Gasteiger partial charge in [-0.15, -0.1) is 0 Å². The second-order valence-electron chi connectivity index (χ2n) is 5.87. The summed E-state index contributed by atoms with van der Waals surface area (Å²) in [7, 11) is 1.65. The maximum atomic E-state index is 6.07. The highest BCUT2D eigenvalue weighted by Crippen LogP contribution is 2.32. The zero-order valence-corrected chi connectivity index (χ0v) is 16.3. The molecule has 0 fully saturated rings. The second kappa shape index (κ2) is 10.5. The van der Waals surface area contributed by atoms with Crippen molar-refractivity contribution in [2.24, 2.45) is 0 Å². The van der Waals surface area contributed by atoms with Crippen LogP contribution in [0, 0.1) is 0 Å². The number of methoxy groups -OCH3 is 1. The number of halogens is 2. The van der Waals surface area contributed by atoms with E-state index in [0.29, 0.717) is 16.7 Å². The van der Waals surface area contributed by atoms with E-state index in [1.54, 1.807) is 13.2 Å². The maximum Gasteiger partial charge on any atom is 0.166 e. The minimum atomic E-state index is 0.403. The van der Waals surface area contributed by atoms with Gasteiger partial charge in [0.15, 0.2) is 11.5 Å². The zero-order chi connectivity index (χ0) is 18.1. The van der Waals surface area contributed by atoms with E-state index in [-0.39, 0.29) is 0 Å². The fraction of sp³-hybridized carbons (Fsp3) is 0.400. The lowest BCUT2D eigenvalue weighted by atomic mass is 10.1. The van der Waals surface area contributed by atoms with Crippen molar-refractivity contribution < 1.29 is 9.47 Å². The van der Waals surface area contributed by atoms with Gasteiger partial charge in [-0.2, -0.15) is 0 Å². The van der Waals surface area contributed by atoms with E-state index in [1.165, 1.54) is 19.3 Å². The Morgan fingerprint density at radius 2 is 1.88 bits per heavy atom. The van der Waals surface area contributed by atoms with Gasteiger partial charge in [0.25, 0.3) is 0 Å². The van der Waals surface area contributed by atoms with E-state index in [1.807, 2.05) is 24.3 Å². The summed E-state index contributed by atoms with van der Waals surface area (Å²) in [6, 6.07) is 11.5. The molecule has 2 aromatic rings. The molecule has 0 saturated heterocycles. The highest BCUT2D eigenvalue weighted by molar-refractivity contribution is 6.42. The molecule has 0 aliphatic carbocycles. The van der Waals surface area contributed by atoms with Crippen molar-refractivity contribution in [2.45, 2.75) is 39.3 Å². The van der Waals surface area contributed by atoms with Gasteiger partial charge >= 0.3 is 0 Å². The third kappa shape index (κ3) is 6.10. The van der Waals surface area contributed by atoms with E-state index in [4.69, 9.17) is 32.7 Å². The normalized spacial score (nSPS) is 10.7. The Labute approximate surface area is 160 Å². The van der Waals surface area contributed by atoms with Crippen LogP contribution in [-0.2, 0) is 13.2 Å². The van der Waals surface area contributed by atoms with Crippen molar-refractivity contribution in [3.63, 3.8) is 0 Å². The summed E-state index contributed by atoms with van der Waals surface area (Å²) < 4.78 is 11.5. The molecule has 0 aliphatic rings. The number of rotatable bonds is 10. The minimum Gasteiger partial charge on any atom is -0.493 e. The molecule has 2 rings (SSSR count). The molecule has 0 heterocycles. The zero-order valence-electron chi connectivity index (χ0n) is 14.8. The third-order valence-corrected chi connectivity index (χ3v) is 4.66. The maximum absolute atomic E-state index is 6.07. The topological polar surface area (TPSA) is 30.5 Å². The molecule has 0 aromatic heterocycles. The van der Waals surface area contributed by atoms with Gasteiger partial charge in [0, 0.05) is 12.1 Å². The van der Waals surface area contributed by atoms with Crippen molar-refractivity contribution in [2.75, 3.05) is 13.7 Å². The number of ether oxygens (including phenoxy) is 2. The number of para-hydroxylation sites is 1. The smallest absolute Gasteiger partial charge is 0.166 e. The predicted octanol–water partition coefficient (Wildman–Crippen LogP) is 5.86. The second-order valence-corrected chi connectivity index (χ2v) is 6.68. The van der Waals surface area contributed by atoms with Crippen LogP contribution < -0.4 is 14.8 Å². The summed E-state index contributed by atoms with van der Waals surface area (Å²) in [4.78, 5) is 0. The molecule has 0 aliphatic heterocycles. The fourth-order valence-corrected chi connectivity index (χ4v) is 2.85. The third-order valence-electron chi connectivity index (χ3n) is 3.92. The van der Waals surface area contributed by atoms with Crippen LogP contribution in [0.15, 0.2) is 36.4 Å². The molecule has 0 saturated carbocycles. The first-order valence-electron chi connectivity index (χ1n) is 8.59. The van der Waals surface area contributed by atoms with Gasteiger partial charge in [-0.25, -0.2) is 0 Å². The lowest BCUT2D eigenvalue weighted by Crippen LogP contribution is -2.15. The van der Waals surface area contributed by atoms with Crippen molar-refractivity contribution in [3.8, 4) is 11.5 Å². The van der Waals surface area contributed by atoms with E-state index >= 15 is 0 Å². The molecule has 0 amide bonds. The van der Waals surface area contributed by atoms with Crippen LogP contribution >= 0.6 is 23.2 Å². The SMILES string of the molecule is CCCCCNCc1cccc(OC)c1OCc1ccc(Cl)c(Cl)c1. The molecule has 0 bridgehead atoms. The van der Waals surface area contributed by atoms with Gasteiger partial charge in [0.1, 0.15) is 6.61 Å². The molecular formula is C20H25Cl2NO2. The van der Waals surface area contributed by atoms with Crippen LogP contribution in [0.3, 0.4) is 0 Å². The molecule has 0 spiro atoms. The Bertz CT molecular complexity index is 677. The summed E-state index contributed by atoms with van der Waals surface area (Å²) in [6.07, 6.45) is 3.64. The molecule has 136 valence electrons. The minimum absolute atomic E-state index is 0.403. The standard InChI is InChI=1S/C20H25Cl2NO2/c1-3-4-5-11-23-13-16-7-6-8-19(24-2)20(16)25-14-15-9-10-17(21)18(22)12-15/h6-10,12,23H,3-5,11,13-14H2,1-2H3. The molecule has 0 radical (unpaired) electrons. The van der Waals surface area contributed by atoms with E-state index in [2.05, 4.69) is 18.3 Å². The van der Waals surface area contributed by atoms with E-state index in [9.17, 15) is 0 Å². The van der Waals surface area contributed by atoms with Gasteiger partial charge < -0.3 is 14.8 Å². The molecule has 1 N–H and O–H groups in total. The van der Waals surface area contributed by atoms with Crippen LogP contribution in [0.2, 0.25) is 10.0 Å². The summed E-state index contributed by atoms with van der Waals surface area (Å²) in [6.45, 7) is 4.35. The predicted molar refractivity (Wildman–Crippen MR) is 105 cm³/mol. The van der Waals surface area contributed by atoms with Crippen LogP contribution in [0.4, 0.5) is 0 Å². The largest absolute Gasteiger partial charge is 0.493 e. The number of hydrogen-bond acceptors (Lipinski definition) is 3. The molecule has 3 nitrogen and oxygen atoms in total. The van der Waals surface area contributed by atoms with Crippen LogP contribution in [-0.4, -0.2) is 13.7 Å². The monoisotopic (exact) mass is 381 g/mol. The summed E-state index contributed by atoms with van der Waals surface area (Å²) >= 11 is 12.0. The Kier molecular flexibility index (Phi) is 8.39. The van der Waals surface area contributed by atoms with Crippen LogP contribution in [0.1, 0.15) is 37.3 Å². The molecule has 0 unspecified atom stereocenters. The fourth-order valence-electron chi connectivity index (χ4n) is 2.53. The molecule has 25 heavy (non-hydrogen) atoms. The van der Waals surface area contributed by atoms with Gasteiger partial charge in [-0.1, -0.05) is 61.2 Å².